The van der Waals surface area contributed by atoms with E-state index in [-0.39, 0.29) is 0 Å². The fourth-order valence-electron chi connectivity index (χ4n) is 1.61. The van der Waals surface area contributed by atoms with Crippen LogP contribution in [0.25, 0.3) is 0 Å². The van der Waals surface area contributed by atoms with Gasteiger partial charge in [-0.25, -0.2) is 4.99 Å². The van der Waals surface area contributed by atoms with E-state index in [2.05, 4.69) is 16.1 Å². The molecule has 2 rings (SSSR count). The Bertz CT molecular complexity index is 347. The van der Waals surface area contributed by atoms with Gasteiger partial charge in [0.05, 0.1) is 18.9 Å². The first-order valence-corrected chi connectivity index (χ1v) is 6.63. The second-order valence-corrected chi connectivity index (χ2v) is 4.31. The van der Waals surface area contributed by atoms with Gasteiger partial charge in [0, 0.05) is 13.1 Å². The molecule has 86 valence electrons. The maximum atomic E-state index is 5.34. The molecule has 1 aliphatic rings. The Kier molecular flexibility index (Phi) is 4.25. The first-order valence-electron chi connectivity index (χ1n) is 5.40. The minimum atomic E-state index is 0.800. The number of para-hydroxylation sites is 1. The van der Waals surface area contributed by atoms with E-state index in [4.69, 9.17) is 4.74 Å². The summed E-state index contributed by atoms with van der Waals surface area (Å²) in [5, 5.41) is 1.08. The van der Waals surface area contributed by atoms with E-state index in [0.717, 1.165) is 37.2 Å². The van der Waals surface area contributed by atoms with Crippen molar-refractivity contribution in [1.29, 1.82) is 0 Å². The largest absolute Gasteiger partial charge is 0.378 e. The Morgan fingerprint density at radius 2 is 1.94 bits per heavy atom. The maximum Gasteiger partial charge on any atom is 0.164 e. The van der Waals surface area contributed by atoms with E-state index >= 15 is 0 Å². The number of nitrogens with zero attached hydrogens (tertiary/aromatic N) is 2. The normalized spacial score (nSPS) is 17.6. The molecule has 3 nitrogen and oxygen atoms in total. The molecule has 0 N–H and O–H groups in total. The van der Waals surface area contributed by atoms with Crippen molar-refractivity contribution in [2.45, 2.75) is 0 Å². The number of morpholine rings is 1. The van der Waals surface area contributed by atoms with E-state index in [1.54, 1.807) is 11.8 Å². The number of rotatable bonds is 1. The Balaban J connectivity index is 2.12. The van der Waals surface area contributed by atoms with Crippen molar-refractivity contribution in [2.75, 3.05) is 32.6 Å². The van der Waals surface area contributed by atoms with Crippen LogP contribution in [0.1, 0.15) is 0 Å². The van der Waals surface area contributed by atoms with Crippen LogP contribution in [0.4, 0.5) is 5.69 Å². The van der Waals surface area contributed by atoms with Crippen molar-refractivity contribution in [2.24, 2.45) is 4.99 Å². The van der Waals surface area contributed by atoms with Gasteiger partial charge in [-0.1, -0.05) is 30.0 Å². The Morgan fingerprint density at radius 3 is 2.56 bits per heavy atom. The zero-order valence-corrected chi connectivity index (χ0v) is 10.2. The second kappa shape index (κ2) is 5.92. The van der Waals surface area contributed by atoms with Crippen LogP contribution in [0.5, 0.6) is 0 Å². The van der Waals surface area contributed by atoms with Gasteiger partial charge in [-0.05, 0) is 18.4 Å². The average Bonchev–Trinajstić information content (AvgIpc) is 2.38. The summed E-state index contributed by atoms with van der Waals surface area (Å²) in [6.45, 7) is 3.47. The summed E-state index contributed by atoms with van der Waals surface area (Å²) < 4.78 is 5.34. The fraction of sp³-hybridized carbons (Fsp3) is 0.417. The fourth-order valence-corrected chi connectivity index (χ4v) is 2.25. The van der Waals surface area contributed by atoms with Gasteiger partial charge >= 0.3 is 0 Å². The third-order valence-electron chi connectivity index (χ3n) is 2.45. The molecular formula is C12H16N2OS. The number of hydrogen-bond donors (Lipinski definition) is 0. The second-order valence-electron chi connectivity index (χ2n) is 3.53. The first-order chi connectivity index (χ1) is 7.90. The summed E-state index contributed by atoms with van der Waals surface area (Å²) in [4.78, 5) is 6.93. The first kappa shape index (κ1) is 11.5. The third kappa shape index (κ3) is 3.00. The zero-order chi connectivity index (χ0) is 11.2. The predicted octanol–water partition coefficient (Wildman–Crippen LogP) is 2.37. The zero-order valence-electron chi connectivity index (χ0n) is 9.43. The van der Waals surface area contributed by atoms with Crippen LogP contribution in [-0.4, -0.2) is 42.6 Å². The summed E-state index contributed by atoms with van der Waals surface area (Å²) >= 11 is 1.69. The third-order valence-corrected chi connectivity index (χ3v) is 3.16. The van der Waals surface area contributed by atoms with Crippen LogP contribution >= 0.6 is 11.8 Å². The van der Waals surface area contributed by atoms with Crippen molar-refractivity contribution < 1.29 is 4.74 Å². The number of benzene rings is 1. The van der Waals surface area contributed by atoms with E-state index in [1.165, 1.54) is 0 Å². The average molecular weight is 236 g/mol. The Morgan fingerprint density at radius 1 is 1.25 bits per heavy atom. The lowest BCUT2D eigenvalue weighted by atomic mass is 10.3. The topological polar surface area (TPSA) is 24.8 Å². The van der Waals surface area contributed by atoms with Crippen molar-refractivity contribution in [3.63, 3.8) is 0 Å². The van der Waals surface area contributed by atoms with Crippen LogP contribution in [0.15, 0.2) is 35.3 Å². The van der Waals surface area contributed by atoms with Gasteiger partial charge in [0.2, 0.25) is 0 Å². The van der Waals surface area contributed by atoms with Crippen LogP contribution in [0.2, 0.25) is 0 Å². The highest BCUT2D eigenvalue weighted by molar-refractivity contribution is 8.13. The Labute approximate surface area is 101 Å². The molecular weight excluding hydrogens is 220 g/mol. The maximum absolute atomic E-state index is 5.34. The van der Waals surface area contributed by atoms with Crippen LogP contribution < -0.4 is 0 Å². The monoisotopic (exact) mass is 236 g/mol. The lowest BCUT2D eigenvalue weighted by molar-refractivity contribution is 0.0694. The van der Waals surface area contributed by atoms with E-state index in [0.29, 0.717) is 0 Å². The smallest absolute Gasteiger partial charge is 0.164 e. The number of ether oxygens (including phenoxy) is 1. The molecule has 1 aromatic rings. The SMILES string of the molecule is CSC(=Nc1ccccc1)N1CCOCC1. The molecule has 1 fully saturated rings. The van der Waals surface area contributed by atoms with Crippen molar-refractivity contribution in [3.05, 3.63) is 30.3 Å². The molecule has 0 unspecified atom stereocenters. The molecule has 0 bridgehead atoms. The summed E-state index contributed by atoms with van der Waals surface area (Å²) in [6, 6.07) is 10.1. The molecule has 0 radical (unpaired) electrons. The molecule has 16 heavy (non-hydrogen) atoms. The molecule has 1 heterocycles. The van der Waals surface area contributed by atoms with Crippen LogP contribution in [-0.2, 0) is 4.74 Å². The van der Waals surface area contributed by atoms with Gasteiger partial charge in [0.15, 0.2) is 5.17 Å². The van der Waals surface area contributed by atoms with Gasteiger partial charge in [-0.2, -0.15) is 0 Å². The highest BCUT2D eigenvalue weighted by atomic mass is 32.2. The van der Waals surface area contributed by atoms with Gasteiger partial charge in [0.1, 0.15) is 0 Å². The van der Waals surface area contributed by atoms with Gasteiger partial charge in [-0.15, -0.1) is 0 Å². The summed E-state index contributed by atoms with van der Waals surface area (Å²) in [5.74, 6) is 0. The molecule has 0 atom stereocenters. The number of thioether (sulfide) groups is 1. The van der Waals surface area contributed by atoms with E-state index in [9.17, 15) is 0 Å². The standard InChI is InChI=1S/C12H16N2OS/c1-16-12(14-7-9-15-10-8-14)13-11-5-3-2-4-6-11/h2-6H,7-10H2,1H3. The molecule has 1 saturated heterocycles. The van der Waals surface area contributed by atoms with E-state index in [1.807, 2.05) is 30.3 Å². The lowest BCUT2D eigenvalue weighted by Gasteiger charge is -2.28. The van der Waals surface area contributed by atoms with Crippen LogP contribution in [0, 0.1) is 0 Å². The highest BCUT2D eigenvalue weighted by Gasteiger charge is 2.14. The molecule has 1 aliphatic heterocycles. The van der Waals surface area contributed by atoms with Gasteiger partial charge in [-0.3, -0.25) is 0 Å². The Hall–Kier alpha value is -1.00. The lowest BCUT2D eigenvalue weighted by Crippen LogP contribution is -2.39. The summed E-state index contributed by atoms with van der Waals surface area (Å²) in [6.07, 6.45) is 2.07. The van der Waals surface area contributed by atoms with Crippen molar-refractivity contribution >= 4 is 22.6 Å². The molecule has 0 saturated carbocycles. The number of amidine groups is 1. The molecule has 1 aromatic carbocycles. The number of hydrogen-bond acceptors (Lipinski definition) is 3. The molecule has 4 heteroatoms. The van der Waals surface area contributed by atoms with E-state index < -0.39 is 0 Å². The highest BCUT2D eigenvalue weighted by Crippen LogP contribution is 2.16. The van der Waals surface area contributed by atoms with Gasteiger partial charge in [0.25, 0.3) is 0 Å². The number of aliphatic imine (C=N–C) groups is 1. The summed E-state index contributed by atoms with van der Waals surface area (Å²) in [5.41, 5.74) is 1.01. The van der Waals surface area contributed by atoms with Crippen LogP contribution in [0.3, 0.4) is 0 Å². The van der Waals surface area contributed by atoms with Crippen molar-refractivity contribution in [3.8, 4) is 0 Å². The molecule has 0 aliphatic carbocycles. The van der Waals surface area contributed by atoms with Crippen molar-refractivity contribution in [1.82, 2.24) is 4.90 Å². The predicted molar refractivity (Wildman–Crippen MR) is 69.4 cm³/mol. The minimum absolute atomic E-state index is 0.800. The quantitative estimate of drug-likeness (QED) is 0.553. The minimum Gasteiger partial charge on any atom is -0.378 e. The molecule has 0 aromatic heterocycles. The molecule has 0 spiro atoms. The molecule has 0 amide bonds. The summed E-state index contributed by atoms with van der Waals surface area (Å²) in [7, 11) is 0. The van der Waals surface area contributed by atoms with Gasteiger partial charge < -0.3 is 9.64 Å².